The fraction of sp³-hybridized carbons (Fsp3) is 0.222. The number of nitrogens with zero attached hydrogens (tertiary/aromatic N) is 2. The zero-order valence-electron chi connectivity index (χ0n) is 14.0. The van der Waals surface area contributed by atoms with Crippen molar-refractivity contribution in [1.82, 2.24) is 5.43 Å². The predicted molar refractivity (Wildman–Crippen MR) is 104 cm³/mol. The molecule has 0 fully saturated rings. The van der Waals surface area contributed by atoms with Crippen molar-refractivity contribution in [2.75, 3.05) is 24.3 Å². The fourth-order valence-corrected chi connectivity index (χ4v) is 2.25. The first kappa shape index (κ1) is 18.0. The van der Waals surface area contributed by atoms with Crippen molar-refractivity contribution in [1.29, 1.82) is 0 Å². The summed E-state index contributed by atoms with van der Waals surface area (Å²) >= 11 is 3.38. The molecule has 5 nitrogen and oxygen atoms in total. The van der Waals surface area contributed by atoms with Crippen LogP contribution in [-0.4, -0.2) is 32.3 Å². The lowest BCUT2D eigenvalue weighted by atomic mass is 10.2. The number of benzene rings is 2. The summed E-state index contributed by atoms with van der Waals surface area (Å²) in [5.74, 6) is -0.195. The maximum absolute atomic E-state index is 12.0. The summed E-state index contributed by atoms with van der Waals surface area (Å²) in [5, 5.41) is 7.13. The SMILES string of the molecule is C[C@H](Nc1ccc(Br)cc1)C(=O)N/N=C\c1ccc(N(C)C)cc1. The topological polar surface area (TPSA) is 56.7 Å². The molecule has 0 bridgehead atoms. The summed E-state index contributed by atoms with van der Waals surface area (Å²) in [6.45, 7) is 1.79. The van der Waals surface area contributed by atoms with Gasteiger partial charge in [-0.3, -0.25) is 4.79 Å². The minimum Gasteiger partial charge on any atom is -0.378 e. The minimum absolute atomic E-state index is 0.195. The van der Waals surface area contributed by atoms with Gasteiger partial charge in [-0.2, -0.15) is 5.10 Å². The van der Waals surface area contributed by atoms with Gasteiger partial charge in [0.2, 0.25) is 0 Å². The Labute approximate surface area is 150 Å². The Hall–Kier alpha value is -2.34. The molecule has 1 amide bonds. The smallest absolute Gasteiger partial charge is 0.262 e. The van der Waals surface area contributed by atoms with E-state index in [9.17, 15) is 4.79 Å². The van der Waals surface area contributed by atoms with Crippen molar-refractivity contribution in [2.24, 2.45) is 5.10 Å². The number of anilines is 2. The van der Waals surface area contributed by atoms with Crippen LogP contribution in [0, 0.1) is 0 Å². The highest BCUT2D eigenvalue weighted by Crippen LogP contribution is 2.15. The minimum atomic E-state index is -0.389. The van der Waals surface area contributed by atoms with Crippen LogP contribution in [0.4, 0.5) is 11.4 Å². The van der Waals surface area contributed by atoms with E-state index >= 15 is 0 Å². The van der Waals surface area contributed by atoms with E-state index in [1.165, 1.54) is 0 Å². The number of carbonyl (C=O) groups is 1. The van der Waals surface area contributed by atoms with Crippen LogP contribution in [0.2, 0.25) is 0 Å². The summed E-state index contributed by atoms with van der Waals surface area (Å²) in [4.78, 5) is 14.1. The quantitative estimate of drug-likeness (QED) is 0.588. The second-order valence-electron chi connectivity index (χ2n) is 5.59. The molecular weight excluding hydrogens is 368 g/mol. The summed E-state index contributed by atoms with van der Waals surface area (Å²) in [5.41, 5.74) is 5.47. The average Bonchev–Trinajstić information content (AvgIpc) is 2.57. The Morgan fingerprint density at radius 1 is 1.12 bits per heavy atom. The molecule has 1 atom stereocenters. The van der Waals surface area contributed by atoms with Gasteiger partial charge in [0.15, 0.2) is 0 Å². The zero-order valence-corrected chi connectivity index (χ0v) is 15.5. The highest BCUT2D eigenvalue weighted by molar-refractivity contribution is 9.10. The molecule has 0 aliphatic carbocycles. The molecule has 2 rings (SSSR count). The average molecular weight is 389 g/mol. The van der Waals surface area contributed by atoms with Gasteiger partial charge >= 0.3 is 0 Å². The standard InChI is InChI=1S/C18H21BrN4O/c1-13(21-16-8-6-15(19)7-9-16)18(24)22-20-12-14-4-10-17(11-5-14)23(2)3/h4-13,21H,1-3H3,(H,22,24)/b20-12-/t13-/m0/s1. The highest BCUT2D eigenvalue weighted by atomic mass is 79.9. The van der Waals surface area contributed by atoms with Crippen molar-refractivity contribution < 1.29 is 4.79 Å². The molecular formula is C18H21BrN4O. The summed E-state index contributed by atoms with van der Waals surface area (Å²) in [6, 6.07) is 15.2. The van der Waals surface area contributed by atoms with Gasteiger partial charge in [-0.1, -0.05) is 28.1 Å². The lowest BCUT2D eigenvalue weighted by molar-refractivity contribution is -0.121. The van der Waals surface area contributed by atoms with Gasteiger partial charge in [-0.05, 0) is 48.9 Å². The molecule has 0 radical (unpaired) electrons. The second kappa shape index (κ2) is 8.49. The van der Waals surface area contributed by atoms with Crippen LogP contribution in [0.1, 0.15) is 12.5 Å². The number of hydrogen-bond donors (Lipinski definition) is 2. The van der Waals surface area contributed by atoms with Crippen LogP contribution < -0.4 is 15.6 Å². The molecule has 6 heteroatoms. The van der Waals surface area contributed by atoms with Gasteiger partial charge in [-0.25, -0.2) is 5.43 Å². The van der Waals surface area contributed by atoms with E-state index < -0.39 is 0 Å². The van der Waals surface area contributed by atoms with Crippen molar-refractivity contribution in [3.8, 4) is 0 Å². The van der Waals surface area contributed by atoms with E-state index in [0.29, 0.717) is 0 Å². The summed E-state index contributed by atoms with van der Waals surface area (Å²) < 4.78 is 0.995. The third kappa shape index (κ3) is 5.38. The van der Waals surface area contributed by atoms with Crippen molar-refractivity contribution >= 4 is 39.4 Å². The Morgan fingerprint density at radius 2 is 1.75 bits per heavy atom. The molecule has 0 aliphatic rings. The maximum Gasteiger partial charge on any atom is 0.262 e. The molecule has 0 spiro atoms. The zero-order chi connectivity index (χ0) is 17.5. The molecule has 0 saturated carbocycles. The Balaban J connectivity index is 1.86. The molecule has 2 aromatic rings. The first-order valence-electron chi connectivity index (χ1n) is 7.58. The number of halogens is 1. The lowest BCUT2D eigenvalue weighted by Gasteiger charge is -2.13. The van der Waals surface area contributed by atoms with E-state index in [-0.39, 0.29) is 11.9 Å². The van der Waals surface area contributed by atoms with E-state index in [0.717, 1.165) is 21.4 Å². The molecule has 0 saturated heterocycles. The highest BCUT2D eigenvalue weighted by Gasteiger charge is 2.11. The van der Waals surface area contributed by atoms with E-state index in [1.807, 2.05) is 67.5 Å². The van der Waals surface area contributed by atoms with Crippen LogP contribution in [0.15, 0.2) is 58.1 Å². The van der Waals surface area contributed by atoms with E-state index in [4.69, 9.17) is 0 Å². The molecule has 126 valence electrons. The predicted octanol–water partition coefficient (Wildman–Crippen LogP) is 3.47. The fourth-order valence-electron chi connectivity index (χ4n) is 1.99. The Morgan fingerprint density at radius 3 is 2.33 bits per heavy atom. The maximum atomic E-state index is 12.0. The normalized spacial score (nSPS) is 12.0. The van der Waals surface area contributed by atoms with Crippen molar-refractivity contribution in [2.45, 2.75) is 13.0 Å². The van der Waals surface area contributed by atoms with Crippen LogP contribution in [0.3, 0.4) is 0 Å². The van der Waals surface area contributed by atoms with Crippen LogP contribution in [-0.2, 0) is 4.79 Å². The number of hydrogen-bond acceptors (Lipinski definition) is 4. The molecule has 2 aromatic carbocycles. The van der Waals surface area contributed by atoms with E-state index in [2.05, 4.69) is 31.8 Å². The van der Waals surface area contributed by atoms with Crippen LogP contribution in [0.5, 0.6) is 0 Å². The summed E-state index contributed by atoms with van der Waals surface area (Å²) in [7, 11) is 3.98. The van der Waals surface area contributed by atoms with Gasteiger partial charge in [0.05, 0.1) is 6.21 Å². The summed E-state index contributed by atoms with van der Waals surface area (Å²) in [6.07, 6.45) is 1.63. The van der Waals surface area contributed by atoms with E-state index in [1.54, 1.807) is 13.1 Å². The lowest BCUT2D eigenvalue weighted by Crippen LogP contribution is -2.34. The van der Waals surface area contributed by atoms with Gasteiger partial charge in [0, 0.05) is 29.9 Å². The van der Waals surface area contributed by atoms with Gasteiger partial charge in [0.25, 0.3) is 5.91 Å². The third-order valence-electron chi connectivity index (χ3n) is 3.42. The second-order valence-corrected chi connectivity index (χ2v) is 6.51. The number of amides is 1. The van der Waals surface area contributed by atoms with Gasteiger partial charge in [0.1, 0.15) is 6.04 Å². The molecule has 2 N–H and O–H groups in total. The Kier molecular flexibility index (Phi) is 6.37. The van der Waals surface area contributed by atoms with Crippen LogP contribution >= 0.6 is 15.9 Å². The molecule has 0 aromatic heterocycles. The largest absolute Gasteiger partial charge is 0.378 e. The molecule has 0 heterocycles. The number of hydrazone groups is 1. The molecule has 0 unspecified atom stereocenters. The van der Waals surface area contributed by atoms with Crippen molar-refractivity contribution in [3.63, 3.8) is 0 Å². The molecule has 0 aliphatic heterocycles. The number of nitrogens with one attached hydrogen (secondary N) is 2. The number of rotatable bonds is 6. The van der Waals surface area contributed by atoms with Crippen LogP contribution in [0.25, 0.3) is 0 Å². The first-order valence-corrected chi connectivity index (χ1v) is 8.37. The third-order valence-corrected chi connectivity index (χ3v) is 3.95. The van der Waals surface area contributed by atoms with Crippen molar-refractivity contribution in [3.05, 3.63) is 58.6 Å². The first-order chi connectivity index (χ1) is 11.5. The molecule has 24 heavy (non-hydrogen) atoms. The number of carbonyl (C=O) groups excluding carboxylic acids is 1. The Bertz CT molecular complexity index is 696. The monoisotopic (exact) mass is 388 g/mol. The van der Waals surface area contributed by atoms with Gasteiger partial charge < -0.3 is 10.2 Å². The van der Waals surface area contributed by atoms with Gasteiger partial charge in [-0.15, -0.1) is 0 Å².